The largest absolute Gasteiger partial charge is 0.354 e. The van der Waals surface area contributed by atoms with Crippen molar-refractivity contribution in [2.75, 3.05) is 5.32 Å². The lowest BCUT2D eigenvalue weighted by Crippen LogP contribution is -1.98. The smallest absolute Gasteiger partial charge is 0.0526 e. The monoisotopic (exact) mass is 289 g/mol. The molecule has 0 spiro atoms. The average molecular weight is 289 g/mol. The summed E-state index contributed by atoms with van der Waals surface area (Å²) in [6, 6.07) is 16.8. The van der Waals surface area contributed by atoms with Gasteiger partial charge in [0.15, 0.2) is 0 Å². The number of hydrogen-bond donors (Lipinski definition) is 1. The summed E-state index contributed by atoms with van der Waals surface area (Å²) in [5.41, 5.74) is 2.41. The minimum Gasteiger partial charge on any atom is -0.354 e. The lowest BCUT2D eigenvalue weighted by atomic mass is 10.2. The minimum atomic E-state index is 1.20. The number of benzene rings is 2. The maximum atomic E-state index is 3.42. The molecule has 0 saturated carbocycles. The van der Waals surface area contributed by atoms with Gasteiger partial charge in [-0.25, -0.2) is 0 Å². The quantitative estimate of drug-likeness (QED) is 0.479. The third-order valence-corrected chi connectivity index (χ3v) is 3.42. The fraction of sp³-hybridized carbons (Fsp3) is 0.333. The summed E-state index contributed by atoms with van der Waals surface area (Å²) in [6.45, 7) is 12.0. The van der Waals surface area contributed by atoms with E-state index in [9.17, 15) is 0 Å². The number of para-hydroxylation sites is 2. The van der Waals surface area contributed by atoms with Crippen LogP contribution in [-0.2, 0) is 0 Å². The Hall–Kier alpha value is -1.41. The molecule has 2 aromatic rings. The van der Waals surface area contributed by atoms with E-state index in [1.807, 2.05) is 53.3 Å². The lowest BCUT2D eigenvalue weighted by molar-refractivity contribution is 1.32. The summed E-state index contributed by atoms with van der Waals surface area (Å²) in [4.78, 5) is 2.59. The number of nitrogens with one attached hydrogen (secondary N) is 1. The van der Waals surface area contributed by atoms with Crippen molar-refractivity contribution in [3.8, 4) is 0 Å². The Kier molecular flexibility index (Phi) is 10.6. The average Bonchev–Trinajstić information content (AvgIpc) is 2.58. The van der Waals surface area contributed by atoms with E-state index in [2.05, 4.69) is 53.8 Å². The highest BCUT2D eigenvalue weighted by Gasteiger charge is 2.13. The first-order chi connectivity index (χ1) is 9.93. The topological polar surface area (TPSA) is 12.0 Å². The van der Waals surface area contributed by atoms with E-state index in [1.165, 1.54) is 21.2 Å². The highest BCUT2D eigenvalue weighted by atomic mass is 32.2. The van der Waals surface area contributed by atoms with Crippen LogP contribution in [0.3, 0.4) is 0 Å². The molecule has 0 atom stereocenters. The van der Waals surface area contributed by atoms with E-state index in [4.69, 9.17) is 0 Å². The molecule has 0 radical (unpaired) electrons. The first-order valence-corrected chi connectivity index (χ1v) is 8.38. The van der Waals surface area contributed by atoms with Crippen LogP contribution in [0, 0.1) is 0 Å². The van der Waals surface area contributed by atoms with E-state index >= 15 is 0 Å². The van der Waals surface area contributed by atoms with Gasteiger partial charge in [-0.3, -0.25) is 0 Å². The van der Waals surface area contributed by atoms with Gasteiger partial charge in [0.25, 0.3) is 0 Å². The molecule has 1 N–H and O–H groups in total. The van der Waals surface area contributed by atoms with Gasteiger partial charge in [-0.1, -0.05) is 77.6 Å². The highest BCUT2D eigenvalue weighted by Crippen LogP contribution is 2.43. The SMILES string of the molecule is CC.CC.CC.c1ccc2c(c1)Nc1ccccc1S2. The van der Waals surface area contributed by atoms with Gasteiger partial charge in [0, 0.05) is 9.79 Å². The molecule has 1 aliphatic rings. The van der Waals surface area contributed by atoms with Gasteiger partial charge in [0.2, 0.25) is 0 Å². The standard InChI is InChI=1S/C12H9NS.3C2H6/c1-3-7-11-9(5-1)13-10-6-2-4-8-12(10)14-11;3*1-2/h1-8,13H;3*1-2H3. The predicted molar refractivity (Wildman–Crippen MR) is 94.3 cm³/mol. The second kappa shape index (κ2) is 11.4. The van der Waals surface area contributed by atoms with Crippen LogP contribution in [0.4, 0.5) is 11.4 Å². The number of hydrogen-bond acceptors (Lipinski definition) is 2. The first kappa shape index (κ1) is 18.6. The van der Waals surface area contributed by atoms with Crippen molar-refractivity contribution >= 4 is 23.1 Å². The van der Waals surface area contributed by atoms with Gasteiger partial charge in [0.05, 0.1) is 11.4 Å². The number of rotatable bonds is 0. The molecule has 1 heterocycles. The van der Waals surface area contributed by atoms with Gasteiger partial charge < -0.3 is 5.32 Å². The van der Waals surface area contributed by atoms with Gasteiger partial charge in [-0.05, 0) is 24.3 Å². The van der Waals surface area contributed by atoms with Gasteiger partial charge in [-0.2, -0.15) is 0 Å². The fourth-order valence-electron chi connectivity index (χ4n) is 1.58. The van der Waals surface area contributed by atoms with Gasteiger partial charge >= 0.3 is 0 Å². The van der Waals surface area contributed by atoms with Crippen LogP contribution in [0.1, 0.15) is 41.5 Å². The molecule has 0 aliphatic carbocycles. The fourth-order valence-corrected chi connectivity index (χ4v) is 2.57. The Balaban J connectivity index is 0.000000538. The zero-order valence-electron chi connectivity index (χ0n) is 13.5. The zero-order chi connectivity index (χ0) is 15.4. The number of anilines is 2. The Morgan fingerprint density at radius 2 is 0.950 bits per heavy atom. The highest BCUT2D eigenvalue weighted by molar-refractivity contribution is 7.99. The number of fused-ring (bicyclic) bond motifs is 2. The van der Waals surface area contributed by atoms with E-state index in [0.29, 0.717) is 0 Å². The maximum Gasteiger partial charge on any atom is 0.0526 e. The molecule has 1 aliphatic heterocycles. The lowest BCUT2D eigenvalue weighted by Gasteiger charge is -2.19. The van der Waals surface area contributed by atoms with E-state index in [1.54, 1.807) is 0 Å². The molecule has 3 rings (SSSR count). The molecule has 0 bridgehead atoms. The molecule has 0 saturated heterocycles. The van der Waals surface area contributed by atoms with Crippen LogP contribution in [-0.4, -0.2) is 0 Å². The van der Waals surface area contributed by atoms with Crippen molar-refractivity contribution in [3.63, 3.8) is 0 Å². The van der Waals surface area contributed by atoms with Crippen molar-refractivity contribution in [3.05, 3.63) is 48.5 Å². The molecular formula is C18H27NS. The van der Waals surface area contributed by atoms with E-state index < -0.39 is 0 Å². The molecule has 2 heteroatoms. The zero-order valence-corrected chi connectivity index (χ0v) is 14.3. The van der Waals surface area contributed by atoms with Crippen molar-refractivity contribution in [2.45, 2.75) is 51.3 Å². The summed E-state index contributed by atoms with van der Waals surface area (Å²) >= 11 is 1.82. The third-order valence-electron chi connectivity index (χ3n) is 2.26. The van der Waals surface area contributed by atoms with Crippen molar-refractivity contribution in [2.24, 2.45) is 0 Å². The van der Waals surface area contributed by atoms with Crippen LogP contribution >= 0.6 is 11.8 Å². The Morgan fingerprint density at radius 3 is 1.35 bits per heavy atom. The summed E-state index contributed by atoms with van der Waals surface area (Å²) in [5.74, 6) is 0. The molecular weight excluding hydrogens is 262 g/mol. The van der Waals surface area contributed by atoms with Gasteiger partial charge in [0.1, 0.15) is 0 Å². The summed E-state index contributed by atoms with van der Waals surface area (Å²) in [5, 5.41) is 3.42. The van der Waals surface area contributed by atoms with Crippen LogP contribution in [0.15, 0.2) is 58.3 Å². The van der Waals surface area contributed by atoms with Crippen LogP contribution < -0.4 is 5.32 Å². The van der Waals surface area contributed by atoms with Crippen molar-refractivity contribution < 1.29 is 0 Å². The molecule has 110 valence electrons. The molecule has 20 heavy (non-hydrogen) atoms. The normalized spacial score (nSPS) is 9.70. The Bertz CT molecular complexity index is 393. The van der Waals surface area contributed by atoms with Gasteiger partial charge in [-0.15, -0.1) is 0 Å². The first-order valence-electron chi connectivity index (χ1n) is 7.56. The molecule has 0 unspecified atom stereocenters. The van der Waals surface area contributed by atoms with Crippen molar-refractivity contribution in [1.82, 2.24) is 0 Å². The maximum absolute atomic E-state index is 3.42. The predicted octanol–water partition coefficient (Wildman–Crippen LogP) is 6.97. The van der Waals surface area contributed by atoms with Crippen LogP contribution in [0.5, 0.6) is 0 Å². The second-order valence-electron chi connectivity index (χ2n) is 3.22. The minimum absolute atomic E-state index is 1.20. The second-order valence-corrected chi connectivity index (χ2v) is 4.30. The van der Waals surface area contributed by atoms with E-state index in [-0.39, 0.29) is 0 Å². The molecule has 0 amide bonds. The third kappa shape index (κ3) is 4.93. The van der Waals surface area contributed by atoms with Crippen LogP contribution in [0.25, 0.3) is 0 Å². The summed E-state index contributed by atoms with van der Waals surface area (Å²) in [6.07, 6.45) is 0. The Labute approximate surface area is 128 Å². The molecule has 0 fully saturated rings. The van der Waals surface area contributed by atoms with Crippen molar-refractivity contribution in [1.29, 1.82) is 0 Å². The summed E-state index contributed by atoms with van der Waals surface area (Å²) in [7, 11) is 0. The molecule has 1 nitrogen and oxygen atoms in total. The van der Waals surface area contributed by atoms with E-state index in [0.717, 1.165) is 0 Å². The molecule has 2 aromatic carbocycles. The molecule has 0 aromatic heterocycles. The Morgan fingerprint density at radius 1 is 0.600 bits per heavy atom. The summed E-state index contributed by atoms with van der Waals surface area (Å²) < 4.78 is 0. The van der Waals surface area contributed by atoms with Crippen LogP contribution in [0.2, 0.25) is 0 Å².